The van der Waals surface area contributed by atoms with E-state index in [4.69, 9.17) is 9.84 Å². The van der Waals surface area contributed by atoms with Crippen molar-refractivity contribution < 1.29 is 19.4 Å². The van der Waals surface area contributed by atoms with E-state index in [1.165, 1.54) is 4.88 Å². The largest absolute Gasteiger partial charge is 0.480 e. The zero-order chi connectivity index (χ0) is 14.4. The number of carbonyl (C=O) groups excluding carboxylic acids is 1. The van der Waals surface area contributed by atoms with Crippen LogP contribution in [0.5, 0.6) is 0 Å². The summed E-state index contributed by atoms with van der Waals surface area (Å²) >= 11 is 1.66. The molecule has 1 aromatic heterocycles. The highest BCUT2D eigenvalue weighted by molar-refractivity contribution is 7.09. The number of carboxylic acid groups (broad SMARTS) is 1. The summed E-state index contributed by atoms with van der Waals surface area (Å²) in [5.41, 5.74) is 0. The normalized spacial score (nSPS) is 19.7. The zero-order valence-electron chi connectivity index (χ0n) is 11.1. The van der Waals surface area contributed by atoms with Crippen LogP contribution in [0.2, 0.25) is 0 Å². The number of aliphatic carboxylic acids is 1. The predicted molar refractivity (Wildman–Crippen MR) is 74.8 cm³/mol. The molecule has 7 heteroatoms. The van der Waals surface area contributed by atoms with Crippen molar-refractivity contribution in [2.24, 2.45) is 0 Å². The number of morpholine rings is 1. The maximum atomic E-state index is 11.8. The summed E-state index contributed by atoms with van der Waals surface area (Å²) in [5, 5.41) is 13.9. The molecule has 6 nitrogen and oxygen atoms in total. The molecule has 1 unspecified atom stereocenters. The molecule has 1 aliphatic heterocycles. The fraction of sp³-hybridized carbons (Fsp3) is 0.538. The molecule has 1 fully saturated rings. The van der Waals surface area contributed by atoms with Gasteiger partial charge in [-0.1, -0.05) is 6.07 Å². The second-order valence-electron chi connectivity index (χ2n) is 4.58. The number of ether oxygens (including phenoxy) is 1. The van der Waals surface area contributed by atoms with Crippen molar-refractivity contribution in [3.63, 3.8) is 0 Å². The van der Waals surface area contributed by atoms with Crippen LogP contribution in [0.3, 0.4) is 0 Å². The maximum Gasteiger partial charge on any atom is 0.323 e. The fourth-order valence-corrected chi connectivity index (χ4v) is 2.78. The van der Waals surface area contributed by atoms with Crippen LogP contribution in [0.4, 0.5) is 0 Å². The van der Waals surface area contributed by atoms with Crippen LogP contribution in [0.15, 0.2) is 17.5 Å². The number of carbonyl (C=O) groups is 2. The smallest absolute Gasteiger partial charge is 0.323 e. The molecule has 1 atom stereocenters. The number of thiophene rings is 1. The van der Waals surface area contributed by atoms with E-state index >= 15 is 0 Å². The molecule has 0 spiro atoms. The molecule has 1 aliphatic rings. The van der Waals surface area contributed by atoms with Gasteiger partial charge in [-0.2, -0.15) is 0 Å². The van der Waals surface area contributed by atoms with E-state index in [-0.39, 0.29) is 19.1 Å². The van der Waals surface area contributed by atoms with Crippen molar-refractivity contribution in [1.82, 2.24) is 10.2 Å². The molecule has 1 saturated heterocycles. The number of rotatable bonds is 6. The quantitative estimate of drug-likeness (QED) is 0.784. The molecule has 110 valence electrons. The van der Waals surface area contributed by atoms with E-state index in [1.54, 1.807) is 16.2 Å². The van der Waals surface area contributed by atoms with Crippen LogP contribution in [0.25, 0.3) is 0 Å². The lowest BCUT2D eigenvalue weighted by Crippen LogP contribution is -2.53. The molecular weight excluding hydrogens is 280 g/mol. The summed E-state index contributed by atoms with van der Waals surface area (Å²) in [7, 11) is 0. The van der Waals surface area contributed by atoms with Crippen molar-refractivity contribution in [2.75, 3.05) is 32.8 Å². The van der Waals surface area contributed by atoms with Crippen molar-refractivity contribution in [2.45, 2.75) is 12.5 Å². The lowest BCUT2D eigenvalue weighted by Gasteiger charge is -2.32. The van der Waals surface area contributed by atoms with Gasteiger partial charge in [0.25, 0.3) is 0 Å². The van der Waals surface area contributed by atoms with Gasteiger partial charge in [0.05, 0.1) is 19.8 Å². The van der Waals surface area contributed by atoms with Crippen LogP contribution >= 0.6 is 11.3 Å². The first-order chi connectivity index (χ1) is 9.66. The summed E-state index contributed by atoms with van der Waals surface area (Å²) in [5.74, 6) is -1.09. The summed E-state index contributed by atoms with van der Waals surface area (Å²) in [6.07, 6.45) is 0.800. The summed E-state index contributed by atoms with van der Waals surface area (Å²) < 4.78 is 5.13. The van der Waals surface area contributed by atoms with E-state index in [0.717, 1.165) is 6.42 Å². The minimum atomic E-state index is -0.948. The van der Waals surface area contributed by atoms with Crippen molar-refractivity contribution in [1.29, 1.82) is 0 Å². The Bertz CT molecular complexity index is 449. The number of hydrogen-bond donors (Lipinski definition) is 2. The van der Waals surface area contributed by atoms with Crippen molar-refractivity contribution >= 4 is 23.2 Å². The van der Waals surface area contributed by atoms with Crippen LogP contribution in [-0.2, 0) is 20.7 Å². The van der Waals surface area contributed by atoms with Gasteiger partial charge in [0, 0.05) is 18.0 Å². The minimum absolute atomic E-state index is 0.102. The predicted octanol–water partition coefficient (Wildman–Crippen LogP) is 0.192. The molecule has 20 heavy (non-hydrogen) atoms. The highest BCUT2D eigenvalue weighted by Gasteiger charge is 2.30. The molecule has 0 radical (unpaired) electrons. The third-order valence-corrected chi connectivity index (χ3v) is 4.08. The van der Waals surface area contributed by atoms with Gasteiger partial charge < -0.3 is 15.2 Å². The van der Waals surface area contributed by atoms with Gasteiger partial charge in [-0.15, -0.1) is 11.3 Å². The Labute approximate surface area is 121 Å². The minimum Gasteiger partial charge on any atom is -0.480 e. The third kappa shape index (κ3) is 4.29. The monoisotopic (exact) mass is 298 g/mol. The van der Waals surface area contributed by atoms with Gasteiger partial charge in [0.1, 0.15) is 6.04 Å². The van der Waals surface area contributed by atoms with Crippen molar-refractivity contribution in [3.05, 3.63) is 22.4 Å². The van der Waals surface area contributed by atoms with Gasteiger partial charge in [-0.25, -0.2) is 0 Å². The molecule has 2 rings (SSSR count). The Morgan fingerprint density at radius 1 is 1.55 bits per heavy atom. The number of carboxylic acids is 1. The van der Waals surface area contributed by atoms with E-state index in [9.17, 15) is 9.59 Å². The molecular formula is C13H18N2O4S. The third-order valence-electron chi connectivity index (χ3n) is 3.14. The first-order valence-corrected chi connectivity index (χ1v) is 7.38. The van der Waals surface area contributed by atoms with Crippen LogP contribution in [0.1, 0.15) is 4.88 Å². The maximum absolute atomic E-state index is 11.8. The molecule has 0 saturated carbocycles. The standard InChI is InChI=1S/C13H18N2O4S/c16-12(14-4-3-10-2-1-7-20-10)8-15-5-6-19-9-11(15)13(17)18/h1-2,7,11H,3-6,8-9H2,(H,14,16)(H,17,18). The van der Waals surface area contributed by atoms with Crippen LogP contribution in [0, 0.1) is 0 Å². The number of nitrogens with zero attached hydrogens (tertiary/aromatic N) is 1. The number of nitrogens with one attached hydrogen (secondary N) is 1. The van der Waals surface area contributed by atoms with E-state index in [2.05, 4.69) is 5.32 Å². The SMILES string of the molecule is O=C(CN1CCOCC1C(=O)O)NCCc1cccs1. The summed E-state index contributed by atoms with van der Waals surface area (Å²) in [6, 6.07) is 3.28. The summed E-state index contributed by atoms with van der Waals surface area (Å²) in [6.45, 7) is 1.74. The molecule has 2 N–H and O–H groups in total. The molecule has 0 bridgehead atoms. The lowest BCUT2D eigenvalue weighted by atomic mass is 10.2. The van der Waals surface area contributed by atoms with Gasteiger partial charge in [0.2, 0.25) is 5.91 Å². The topological polar surface area (TPSA) is 78.9 Å². The van der Waals surface area contributed by atoms with E-state index in [1.807, 2.05) is 17.5 Å². The highest BCUT2D eigenvalue weighted by atomic mass is 32.1. The first kappa shape index (κ1) is 15.0. The molecule has 1 amide bonds. The van der Waals surface area contributed by atoms with Crippen LogP contribution < -0.4 is 5.32 Å². The van der Waals surface area contributed by atoms with Crippen molar-refractivity contribution in [3.8, 4) is 0 Å². The number of amides is 1. The highest BCUT2D eigenvalue weighted by Crippen LogP contribution is 2.08. The van der Waals surface area contributed by atoms with Crippen LogP contribution in [-0.4, -0.2) is 60.8 Å². The summed E-state index contributed by atoms with van der Waals surface area (Å²) in [4.78, 5) is 25.8. The van der Waals surface area contributed by atoms with Gasteiger partial charge in [-0.05, 0) is 17.9 Å². The Morgan fingerprint density at radius 3 is 3.10 bits per heavy atom. The Morgan fingerprint density at radius 2 is 2.40 bits per heavy atom. The average molecular weight is 298 g/mol. The second kappa shape index (κ2) is 7.37. The van der Waals surface area contributed by atoms with E-state index < -0.39 is 12.0 Å². The molecule has 0 aliphatic carbocycles. The zero-order valence-corrected chi connectivity index (χ0v) is 11.9. The average Bonchev–Trinajstić information content (AvgIpc) is 2.92. The molecule has 1 aromatic rings. The first-order valence-electron chi connectivity index (χ1n) is 6.50. The number of hydrogen-bond acceptors (Lipinski definition) is 5. The Balaban J connectivity index is 1.73. The molecule has 2 heterocycles. The lowest BCUT2D eigenvalue weighted by molar-refractivity contribution is -0.150. The van der Waals surface area contributed by atoms with Gasteiger partial charge in [0.15, 0.2) is 0 Å². The fourth-order valence-electron chi connectivity index (χ4n) is 2.08. The second-order valence-corrected chi connectivity index (χ2v) is 5.61. The Hall–Kier alpha value is -1.44. The molecule has 0 aromatic carbocycles. The van der Waals surface area contributed by atoms with Gasteiger partial charge >= 0.3 is 5.97 Å². The Kier molecular flexibility index (Phi) is 5.51. The van der Waals surface area contributed by atoms with Gasteiger partial charge in [-0.3, -0.25) is 14.5 Å². The van der Waals surface area contributed by atoms with E-state index in [0.29, 0.717) is 19.7 Å².